The quantitative estimate of drug-likeness (QED) is 0.619. The number of nitrogens with two attached hydrogens (primary N) is 1. The third-order valence-corrected chi connectivity index (χ3v) is 4.47. The fraction of sp³-hybridized carbons (Fsp3) is 0.632. The summed E-state index contributed by atoms with van der Waals surface area (Å²) >= 11 is 0. The maximum atomic E-state index is 6.25. The van der Waals surface area contributed by atoms with E-state index in [1.54, 1.807) is 0 Å². The van der Waals surface area contributed by atoms with Gasteiger partial charge in [-0.1, -0.05) is 64.3 Å². The van der Waals surface area contributed by atoms with E-state index < -0.39 is 0 Å². The largest absolute Gasteiger partial charge is 0.387 e. The summed E-state index contributed by atoms with van der Waals surface area (Å²) in [7, 11) is 0. The summed E-state index contributed by atoms with van der Waals surface area (Å²) in [5.41, 5.74) is 8.93. The van der Waals surface area contributed by atoms with Gasteiger partial charge in [-0.3, -0.25) is 4.99 Å². The summed E-state index contributed by atoms with van der Waals surface area (Å²) in [4.78, 5) is 4.78. The van der Waals surface area contributed by atoms with Crippen LogP contribution in [0.3, 0.4) is 0 Å². The van der Waals surface area contributed by atoms with Gasteiger partial charge in [0.2, 0.25) is 0 Å². The summed E-state index contributed by atoms with van der Waals surface area (Å²) in [5, 5.41) is 0. The van der Waals surface area contributed by atoms with Crippen LogP contribution in [-0.2, 0) is 6.42 Å². The minimum atomic E-state index is 0.222. The SMILES string of the molecule is CC(C)Cc1ccc([C@@H](C)C(N)=NC2CCCCC2)cc1. The predicted molar refractivity (Wildman–Crippen MR) is 91.9 cm³/mol. The number of amidine groups is 1. The van der Waals surface area contributed by atoms with E-state index in [2.05, 4.69) is 45.0 Å². The van der Waals surface area contributed by atoms with Gasteiger partial charge in [0.1, 0.15) is 5.84 Å². The highest BCUT2D eigenvalue weighted by Crippen LogP contribution is 2.23. The predicted octanol–water partition coefficient (Wildman–Crippen LogP) is 4.68. The molecule has 0 aliphatic heterocycles. The van der Waals surface area contributed by atoms with Crippen LogP contribution in [0, 0.1) is 5.92 Å². The molecule has 1 fully saturated rings. The minimum absolute atomic E-state index is 0.222. The Morgan fingerprint density at radius 2 is 1.71 bits per heavy atom. The summed E-state index contributed by atoms with van der Waals surface area (Å²) in [6.07, 6.45) is 7.53. The lowest BCUT2D eigenvalue weighted by atomic mass is 9.94. The van der Waals surface area contributed by atoms with Crippen molar-refractivity contribution in [1.82, 2.24) is 0 Å². The van der Waals surface area contributed by atoms with Crippen molar-refractivity contribution >= 4 is 5.84 Å². The maximum Gasteiger partial charge on any atom is 0.101 e. The summed E-state index contributed by atoms with van der Waals surface area (Å²) in [5.74, 6) is 1.73. The molecule has 0 heterocycles. The molecule has 21 heavy (non-hydrogen) atoms. The molecule has 0 spiro atoms. The lowest BCUT2D eigenvalue weighted by Crippen LogP contribution is -2.23. The Balaban J connectivity index is 2.00. The van der Waals surface area contributed by atoms with Crippen molar-refractivity contribution in [2.45, 2.75) is 71.3 Å². The first-order valence-corrected chi connectivity index (χ1v) is 8.48. The highest BCUT2D eigenvalue weighted by molar-refractivity contribution is 5.87. The Morgan fingerprint density at radius 1 is 1.10 bits per heavy atom. The first kappa shape index (κ1) is 16.1. The Bertz CT molecular complexity index is 453. The van der Waals surface area contributed by atoms with Gasteiger partial charge in [-0.25, -0.2) is 0 Å². The maximum absolute atomic E-state index is 6.25. The fourth-order valence-electron chi connectivity index (χ4n) is 3.12. The second-order valence-corrected chi connectivity index (χ2v) is 6.91. The summed E-state index contributed by atoms with van der Waals surface area (Å²) in [6, 6.07) is 9.36. The molecule has 0 aromatic heterocycles. The molecule has 2 heteroatoms. The van der Waals surface area contributed by atoms with Gasteiger partial charge in [0.15, 0.2) is 0 Å². The standard InChI is InChI=1S/C19H30N2/c1-14(2)13-16-9-11-17(12-10-16)15(3)19(20)21-18-7-5-4-6-8-18/h9-12,14-15,18H,4-8,13H2,1-3H3,(H2,20,21)/t15-/m1/s1. The fourth-order valence-corrected chi connectivity index (χ4v) is 3.12. The molecular formula is C19H30N2. The van der Waals surface area contributed by atoms with Crippen molar-refractivity contribution < 1.29 is 0 Å². The van der Waals surface area contributed by atoms with Gasteiger partial charge in [0.05, 0.1) is 6.04 Å². The van der Waals surface area contributed by atoms with E-state index >= 15 is 0 Å². The van der Waals surface area contributed by atoms with Gasteiger partial charge >= 0.3 is 0 Å². The first-order chi connectivity index (χ1) is 10.1. The van der Waals surface area contributed by atoms with Crippen LogP contribution >= 0.6 is 0 Å². The molecule has 1 aliphatic rings. The number of nitrogens with zero attached hydrogens (tertiary/aromatic N) is 1. The summed E-state index contributed by atoms with van der Waals surface area (Å²) < 4.78 is 0. The summed E-state index contributed by atoms with van der Waals surface area (Å²) in [6.45, 7) is 6.68. The second kappa shape index (κ2) is 7.63. The second-order valence-electron chi connectivity index (χ2n) is 6.91. The smallest absolute Gasteiger partial charge is 0.101 e. The van der Waals surface area contributed by atoms with Crippen LogP contribution in [0.1, 0.15) is 69.9 Å². The molecule has 1 aromatic rings. The molecule has 116 valence electrons. The zero-order valence-electron chi connectivity index (χ0n) is 13.8. The van der Waals surface area contributed by atoms with Crippen LogP contribution in [0.25, 0.3) is 0 Å². The van der Waals surface area contributed by atoms with Crippen LogP contribution in [0.4, 0.5) is 0 Å². The van der Waals surface area contributed by atoms with Crippen molar-refractivity contribution in [1.29, 1.82) is 0 Å². The van der Waals surface area contributed by atoms with Crippen LogP contribution in [0.15, 0.2) is 29.3 Å². The molecule has 0 radical (unpaired) electrons. The molecule has 0 saturated heterocycles. The lowest BCUT2D eigenvalue weighted by Gasteiger charge is -2.20. The Hall–Kier alpha value is -1.31. The molecule has 1 atom stereocenters. The van der Waals surface area contributed by atoms with E-state index in [-0.39, 0.29) is 5.92 Å². The monoisotopic (exact) mass is 286 g/mol. The normalized spacial score (nSPS) is 19.0. The molecule has 1 aliphatic carbocycles. The molecular weight excluding hydrogens is 256 g/mol. The third kappa shape index (κ3) is 4.87. The molecule has 1 aromatic carbocycles. The van der Waals surface area contributed by atoms with E-state index in [4.69, 9.17) is 10.7 Å². The van der Waals surface area contributed by atoms with Gasteiger partial charge in [-0.05, 0) is 36.3 Å². The van der Waals surface area contributed by atoms with Crippen molar-refractivity contribution in [2.75, 3.05) is 0 Å². The highest BCUT2D eigenvalue weighted by Gasteiger charge is 2.15. The van der Waals surface area contributed by atoms with Crippen molar-refractivity contribution in [2.24, 2.45) is 16.6 Å². The Kier molecular flexibility index (Phi) is 5.84. The van der Waals surface area contributed by atoms with Crippen molar-refractivity contribution in [3.63, 3.8) is 0 Å². The van der Waals surface area contributed by atoms with E-state index in [0.717, 1.165) is 12.3 Å². The van der Waals surface area contributed by atoms with Gasteiger partial charge < -0.3 is 5.73 Å². The zero-order valence-corrected chi connectivity index (χ0v) is 13.8. The van der Waals surface area contributed by atoms with Crippen molar-refractivity contribution in [3.8, 4) is 0 Å². The number of aliphatic imine (C=N–C) groups is 1. The number of rotatable bonds is 5. The molecule has 2 nitrogen and oxygen atoms in total. The molecule has 0 amide bonds. The van der Waals surface area contributed by atoms with Gasteiger partial charge in [-0.15, -0.1) is 0 Å². The molecule has 2 N–H and O–H groups in total. The molecule has 0 bridgehead atoms. The first-order valence-electron chi connectivity index (χ1n) is 8.48. The van der Waals surface area contributed by atoms with Crippen LogP contribution < -0.4 is 5.73 Å². The zero-order chi connectivity index (χ0) is 15.2. The van der Waals surface area contributed by atoms with E-state index in [9.17, 15) is 0 Å². The molecule has 0 unspecified atom stereocenters. The van der Waals surface area contributed by atoms with Crippen molar-refractivity contribution in [3.05, 3.63) is 35.4 Å². The molecule has 1 saturated carbocycles. The van der Waals surface area contributed by atoms with Gasteiger partial charge in [0, 0.05) is 5.92 Å². The number of hydrogen-bond acceptors (Lipinski definition) is 1. The topological polar surface area (TPSA) is 38.4 Å². The van der Waals surface area contributed by atoms with Crippen LogP contribution in [-0.4, -0.2) is 11.9 Å². The lowest BCUT2D eigenvalue weighted by molar-refractivity contribution is 0.442. The van der Waals surface area contributed by atoms with Crippen LogP contribution in [0.2, 0.25) is 0 Å². The van der Waals surface area contributed by atoms with E-state index in [1.807, 2.05) is 0 Å². The highest BCUT2D eigenvalue weighted by atomic mass is 14.9. The molecule has 2 rings (SSSR count). The average Bonchev–Trinajstić information content (AvgIpc) is 2.47. The van der Waals surface area contributed by atoms with Gasteiger partial charge in [0.25, 0.3) is 0 Å². The Morgan fingerprint density at radius 3 is 2.29 bits per heavy atom. The van der Waals surface area contributed by atoms with Crippen LogP contribution in [0.5, 0.6) is 0 Å². The average molecular weight is 286 g/mol. The number of benzene rings is 1. The Labute approximate surface area is 129 Å². The van der Waals surface area contributed by atoms with E-state index in [0.29, 0.717) is 12.0 Å². The van der Waals surface area contributed by atoms with E-state index in [1.165, 1.54) is 43.2 Å². The number of hydrogen-bond donors (Lipinski definition) is 1. The minimum Gasteiger partial charge on any atom is -0.387 e. The third-order valence-electron chi connectivity index (χ3n) is 4.47. The van der Waals surface area contributed by atoms with Gasteiger partial charge in [-0.2, -0.15) is 0 Å².